The van der Waals surface area contributed by atoms with Gasteiger partial charge in [0.1, 0.15) is 0 Å². The summed E-state index contributed by atoms with van der Waals surface area (Å²) in [4.78, 5) is 0. The molecule has 0 saturated heterocycles. The lowest BCUT2D eigenvalue weighted by atomic mass is 10.1. The highest BCUT2D eigenvalue weighted by atomic mass is 79.9. The van der Waals surface area contributed by atoms with Gasteiger partial charge in [0, 0.05) is 11.0 Å². The van der Waals surface area contributed by atoms with E-state index in [1.807, 2.05) is 6.92 Å². The Labute approximate surface area is 106 Å². The van der Waals surface area contributed by atoms with Crippen molar-refractivity contribution in [1.29, 1.82) is 0 Å². The third kappa shape index (κ3) is 5.10. The molecule has 0 bridgehead atoms. The number of aliphatic hydroxyl groups excluding tert-OH is 1. The second kappa shape index (κ2) is 7.05. The molecule has 0 amide bonds. The molecule has 1 aromatic carbocycles. The van der Waals surface area contributed by atoms with Crippen molar-refractivity contribution in [2.45, 2.75) is 39.3 Å². The number of nitrogens with one attached hydrogen (secondary N) is 1. The Bertz CT molecular complexity index is 326. The van der Waals surface area contributed by atoms with Gasteiger partial charge in [0.05, 0.1) is 6.10 Å². The summed E-state index contributed by atoms with van der Waals surface area (Å²) in [5, 5.41) is 12.5. The Morgan fingerprint density at radius 3 is 2.81 bits per heavy atom. The Morgan fingerprint density at radius 2 is 2.19 bits per heavy atom. The lowest BCUT2D eigenvalue weighted by molar-refractivity contribution is 0.181. The first-order chi connectivity index (χ1) is 7.59. The zero-order chi connectivity index (χ0) is 12.0. The molecule has 0 spiro atoms. The van der Waals surface area contributed by atoms with Crippen molar-refractivity contribution in [2.24, 2.45) is 0 Å². The Morgan fingerprint density at radius 1 is 1.44 bits per heavy atom. The van der Waals surface area contributed by atoms with Crippen LogP contribution in [0.15, 0.2) is 22.7 Å². The van der Waals surface area contributed by atoms with Gasteiger partial charge in [-0.05, 0) is 50.4 Å². The van der Waals surface area contributed by atoms with Crippen LogP contribution in [0.3, 0.4) is 0 Å². The molecule has 1 unspecified atom stereocenters. The van der Waals surface area contributed by atoms with Crippen LogP contribution in [-0.2, 0) is 6.54 Å². The van der Waals surface area contributed by atoms with Crippen molar-refractivity contribution in [3.63, 3.8) is 0 Å². The van der Waals surface area contributed by atoms with E-state index in [1.54, 1.807) is 0 Å². The molecule has 0 radical (unpaired) electrons. The second-order valence-electron chi connectivity index (χ2n) is 4.25. The van der Waals surface area contributed by atoms with Gasteiger partial charge in [-0.2, -0.15) is 0 Å². The molecule has 1 atom stereocenters. The maximum Gasteiger partial charge on any atom is 0.0512 e. The first kappa shape index (κ1) is 13.7. The minimum absolute atomic E-state index is 0.185. The van der Waals surface area contributed by atoms with E-state index in [0.29, 0.717) is 0 Å². The van der Waals surface area contributed by atoms with Gasteiger partial charge in [-0.25, -0.2) is 0 Å². The van der Waals surface area contributed by atoms with Crippen molar-refractivity contribution in [3.05, 3.63) is 33.8 Å². The molecule has 16 heavy (non-hydrogen) atoms. The van der Waals surface area contributed by atoms with E-state index in [4.69, 9.17) is 5.11 Å². The van der Waals surface area contributed by atoms with Crippen LogP contribution < -0.4 is 5.32 Å². The van der Waals surface area contributed by atoms with Gasteiger partial charge in [0.25, 0.3) is 0 Å². The highest BCUT2D eigenvalue weighted by molar-refractivity contribution is 9.10. The quantitative estimate of drug-likeness (QED) is 0.788. The van der Waals surface area contributed by atoms with Gasteiger partial charge in [-0.3, -0.25) is 0 Å². The third-order valence-electron chi connectivity index (χ3n) is 2.54. The molecule has 0 aliphatic heterocycles. The topological polar surface area (TPSA) is 32.3 Å². The predicted octanol–water partition coefficient (Wildman–Crippen LogP) is 3.01. The van der Waals surface area contributed by atoms with Crippen molar-refractivity contribution in [3.8, 4) is 0 Å². The first-order valence-electron chi connectivity index (χ1n) is 5.73. The monoisotopic (exact) mass is 285 g/mol. The van der Waals surface area contributed by atoms with Crippen LogP contribution in [0.4, 0.5) is 0 Å². The van der Waals surface area contributed by atoms with Gasteiger partial charge in [-0.15, -0.1) is 0 Å². The molecule has 0 saturated carbocycles. The highest BCUT2D eigenvalue weighted by Crippen LogP contribution is 2.17. The minimum atomic E-state index is -0.185. The number of hydrogen-bond acceptors (Lipinski definition) is 2. The number of aliphatic hydroxyl groups is 1. The lowest BCUT2D eigenvalue weighted by Gasteiger charge is -2.07. The predicted molar refractivity (Wildman–Crippen MR) is 71.5 cm³/mol. The Balaban J connectivity index is 2.24. The van der Waals surface area contributed by atoms with E-state index in [2.05, 4.69) is 46.4 Å². The fraction of sp³-hybridized carbons (Fsp3) is 0.538. The van der Waals surface area contributed by atoms with Crippen molar-refractivity contribution >= 4 is 15.9 Å². The molecular formula is C13H20BrNO. The molecule has 0 aromatic heterocycles. The van der Waals surface area contributed by atoms with Crippen LogP contribution in [-0.4, -0.2) is 17.8 Å². The van der Waals surface area contributed by atoms with E-state index in [9.17, 15) is 0 Å². The molecule has 0 aliphatic carbocycles. The fourth-order valence-electron chi connectivity index (χ4n) is 1.50. The van der Waals surface area contributed by atoms with E-state index < -0.39 is 0 Å². The summed E-state index contributed by atoms with van der Waals surface area (Å²) in [7, 11) is 0. The largest absolute Gasteiger partial charge is 0.393 e. The van der Waals surface area contributed by atoms with Gasteiger partial charge >= 0.3 is 0 Å². The van der Waals surface area contributed by atoms with Crippen LogP contribution in [0.2, 0.25) is 0 Å². The lowest BCUT2D eigenvalue weighted by Crippen LogP contribution is -2.16. The molecule has 0 fully saturated rings. The maximum absolute atomic E-state index is 9.10. The first-order valence-corrected chi connectivity index (χ1v) is 6.52. The molecule has 2 nitrogen and oxygen atoms in total. The SMILES string of the molecule is Cc1ccc(CNCCCC(C)O)cc1Br. The summed E-state index contributed by atoms with van der Waals surface area (Å²) >= 11 is 3.53. The Kier molecular flexibility index (Phi) is 6.03. The van der Waals surface area contributed by atoms with Crippen LogP contribution in [0.1, 0.15) is 30.9 Å². The number of halogens is 1. The summed E-state index contributed by atoms with van der Waals surface area (Å²) in [5.41, 5.74) is 2.55. The van der Waals surface area contributed by atoms with E-state index in [1.165, 1.54) is 11.1 Å². The van der Waals surface area contributed by atoms with Gasteiger partial charge in [0.2, 0.25) is 0 Å². The summed E-state index contributed by atoms with van der Waals surface area (Å²) in [6, 6.07) is 6.41. The standard InChI is InChI=1S/C13H20BrNO/c1-10-5-6-12(8-13(10)14)9-15-7-3-4-11(2)16/h5-6,8,11,15-16H,3-4,7,9H2,1-2H3. The zero-order valence-corrected chi connectivity index (χ0v) is 11.5. The molecule has 1 aromatic rings. The van der Waals surface area contributed by atoms with Crippen LogP contribution in [0, 0.1) is 6.92 Å². The summed E-state index contributed by atoms with van der Waals surface area (Å²) in [5.74, 6) is 0. The van der Waals surface area contributed by atoms with Crippen molar-refractivity contribution in [2.75, 3.05) is 6.54 Å². The molecule has 2 N–H and O–H groups in total. The summed E-state index contributed by atoms with van der Waals surface area (Å²) in [6.45, 7) is 5.76. The number of hydrogen-bond donors (Lipinski definition) is 2. The molecular weight excluding hydrogens is 266 g/mol. The smallest absolute Gasteiger partial charge is 0.0512 e. The van der Waals surface area contributed by atoms with E-state index in [0.717, 1.165) is 30.4 Å². The molecule has 3 heteroatoms. The van der Waals surface area contributed by atoms with Gasteiger partial charge < -0.3 is 10.4 Å². The Hall–Kier alpha value is -0.380. The van der Waals surface area contributed by atoms with Gasteiger partial charge in [-0.1, -0.05) is 28.1 Å². The molecule has 0 aliphatic rings. The molecule has 1 rings (SSSR count). The summed E-state index contributed by atoms with van der Waals surface area (Å²) in [6.07, 6.45) is 1.70. The summed E-state index contributed by atoms with van der Waals surface area (Å²) < 4.78 is 1.16. The van der Waals surface area contributed by atoms with Crippen molar-refractivity contribution in [1.82, 2.24) is 5.32 Å². The number of aryl methyl sites for hydroxylation is 1. The van der Waals surface area contributed by atoms with Crippen LogP contribution in [0.5, 0.6) is 0 Å². The zero-order valence-electron chi connectivity index (χ0n) is 9.96. The third-order valence-corrected chi connectivity index (χ3v) is 3.40. The average molecular weight is 286 g/mol. The minimum Gasteiger partial charge on any atom is -0.393 e. The van der Waals surface area contributed by atoms with E-state index >= 15 is 0 Å². The van der Waals surface area contributed by atoms with Crippen LogP contribution >= 0.6 is 15.9 Å². The number of benzene rings is 1. The normalized spacial score (nSPS) is 12.8. The van der Waals surface area contributed by atoms with Crippen molar-refractivity contribution < 1.29 is 5.11 Å². The molecule has 0 heterocycles. The van der Waals surface area contributed by atoms with Crippen LogP contribution in [0.25, 0.3) is 0 Å². The number of rotatable bonds is 6. The maximum atomic E-state index is 9.10. The fourth-order valence-corrected chi connectivity index (χ4v) is 1.93. The highest BCUT2D eigenvalue weighted by Gasteiger charge is 1.98. The average Bonchev–Trinajstić information content (AvgIpc) is 2.22. The van der Waals surface area contributed by atoms with Gasteiger partial charge in [0.15, 0.2) is 0 Å². The van der Waals surface area contributed by atoms with E-state index in [-0.39, 0.29) is 6.10 Å². The second-order valence-corrected chi connectivity index (χ2v) is 5.11. The molecule has 90 valence electrons.